The SMILES string of the molecule is Cc1ccc(NC(=O)c2cc(Cl)ccn2)c(C(=O)O)c1. The molecule has 0 saturated heterocycles. The lowest BCUT2D eigenvalue weighted by atomic mass is 10.1. The van der Waals surface area contributed by atoms with Crippen LogP contribution in [0.3, 0.4) is 0 Å². The topological polar surface area (TPSA) is 79.3 Å². The fraction of sp³-hybridized carbons (Fsp3) is 0.0714. The van der Waals surface area contributed by atoms with E-state index in [1.165, 1.54) is 18.3 Å². The number of aromatic nitrogens is 1. The highest BCUT2D eigenvalue weighted by molar-refractivity contribution is 6.31. The van der Waals surface area contributed by atoms with Crippen molar-refractivity contribution >= 4 is 29.2 Å². The fourth-order valence-corrected chi connectivity index (χ4v) is 1.82. The Morgan fingerprint density at radius 1 is 1.25 bits per heavy atom. The van der Waals surface area contributed by atoms with Crippen LogP contribution in [0.1, 0.15) is 26.4 Å². The number of hydrogen-bond donors (Lipinski definition) is 2. The van der Waals surface area contributed by atoms with E-state index in [0.717, 1.165) is 5.56 Å². The molecule has 0 saturated carbocycles. The summed E-state index contributed by atoms with van der Waals surface area (Å²) in [6, 6.07) is 7.70. The number of pyridine rings is 1. The molecule has 0 aliphatic rings. The van der Waals surface area contributed by atoms with Crippen molar-refractivity contribution in [3.05, 3.63) is 58.4 Å². The Morgan fingerprint density at radius 3 is 2.65 bits per heavy atom. The molecule has 5 nitrogen and oxygen atoms in total. The molecule has 0 atom stereocenters. The van der Waals surface area contributed by atoms with Crippen molar-refractivity contribution in [2.45, 2.75) is 6.92 Å². The average molecular weight is 291 g/mol. The second-order valence-electron chi connectivity index (χ2n) is 4.17. The monoisotopic (exact) mass is 290 g/mol. The van der Waals surface area contributed by atoms with Gasteiger partial charge in [-0.05, 0) is 31.2 Å². The third kappa shape index (κ3) is 3.13. The van der Waals surface area contributed by atoms with Gasteiger partial charge < -0.3 is 10.4 Å². The van der Waals surface area contributed by atoms with E-state index in [1.807, 2.05) is 0 Å². The molecule has 0 aliphatic carbocycles. The summed E-state index contributed by atoms with van der Waals surface area (Å²) < 4.78 is 0. The Morgan fingerprint density at radius 2 is 2.00 bits per heavy atom. The maximum Gasteiger partial charge on any atom is 0.337 e. The van der Waals surface area contributed by atoms with Crippen molar-refractivity contribution in [1.82, 2.24) is 4.98 Å². The van der Waals surface area contributed by atoms with Crippen LogP contribution in [-0.4, -0.2) is 22.0 Å². The zero-order chi connectivity index (χ0) is 14.7. The summed E-state index contributed by atoms with van der Waals surface area (Å²) in [7, 11) is 0. The molecule has 102 valence electrons. The highest BCUT2D eigenvalue weighted by Crippen LogP contribution is 2.18. The number of carboxylic acid groups (broad SMARTS) is 1. The lowest BCUT2D eigenvalue weighted by Crippen LogP contribution is -2.16. The molecule has 1 aromatic carbocycles. The summed E-state index contributed by atoms with van der Waals surface area (Å²) in [6.07, 6.45) is 1.41. The van der Waals surface area contributed by atoms with Crippen molar-refractivity contribution in [2.75, 3.05) is 5.32 Å². The van der Waals surface area contributed by atoms with Crippen LogP contribution in [0, 0.1) is 6.92 Å². The Balaban J connectivity index is 2.30. The van der Waals surface area contributed by atoms with Gasteiger partial charge in [0.2, 0.25) is 0 Å². The first-order chi connectivity index (χ1) is 9.47. The third-order valence-electron chi connectivity index (χ3n) is 2.61. The fourth-order valence-electron chi connectivity index (χ4n) is 1.66. The van der Waals surface area contributed by atoms with Crippen molar-refractivity contribution in [1.29, 1.82) is 0 Å². The van der Waals surface area contributed by atoms with E-state index < -0.39 is 11.9 Å². The average Bonchev–Trinajstić information content (AvgIpc) is 2.40. The van der Waals surface area contributed by atoms with Crippen LogP contribution in [0.2, 0.25) is 5.02 Å². The summed E-state index contributed by atoms with van der Waals surface area (Å²) in [5.74, 6) is -1.62. The normalized spacial score (nSPS) is 10.1. The van der Waals surface area contributed by atoms with Gasteiger partial charge in [0, 0.05) is 11.2 Å². The quantitative estimate of drug-likeness (QED) is 0.911. The number of nitrogens with one attached hydrogen (secondary N) is 1. The molecule has 6 heteroatoms. The second-order valence-corrected chi connectivity index (χ2v) is 4.60. The standard InChI is InChI=1S/C14H11ClN2O3/c1-8-2-3-11(10(6-8)14(19)20)17-13(18)12-7-9(15)4-5-16-12/h2-7H,1H3,(H,17,18)(H,19,20). The summed E-state index contributed by atoms with van der Waals surface area (Å²) in [4.78, 5) is 27.0. The second kappa shape index (κ2) is 5.71. The number of benzene rings is 1. The molecule has 1 heterocycles. The van der Waals surface area contributed by atoms with Gasteiger partial charge in [-0.3, -0.25) is 9.78 Å². The number of amides is 1. The molecular formula is C14H11ClN2O3. The Hall–Kier alpha value is -2.40. The number of rotatable bonds is 3. The molecule has 0 spiro atoms. The molecule has 1 aromatic heterocycles. The van der Waals surface area contributed by atoms with E-state index >= 15 is 0 Å². The minimum Gasteiger partial charge on any atom is -0.478 e. The zero-order valence-corrected chi connectivity index (χ0v) is 11.3. The predicted molar refractivity (Wildman–Crippen MR) is 75.3 cm³/mol. The van der Waals surface area contributed by atoms with E-state index in [1.54, 1.807) is 25.1 Å². The first-order valence-corrected chi connectivity index (χ1v) is 6.12. The summed E-state index contributed by atoms with van der Waals surface area (Å²) >= 11 is 5.78. The summed E-state index contributed by atoms with van der Waals surface area (Å²) in [5.41, 5.74) is 1.16. The molecule has 0 unspecified atom stereocenters. The van der Waals surface area contributed by atoms with Crippen molar-refractivity contribution in [3.8, 4) is 0 Å². The third-order valence-corrected chi connectivity index (χ3v) is 2.84. The molecular weight excluding hydrogens is 280 g/mol. The van der Waals surface area contributed by atoms with Gasteiger partial charge in [-0.1, -0.05) is 23.2 Å². The zero-order valence-electron chi connectivity index (χ0n) is 10.6. The van der Waals surface area contributed by atoms with E-state index in [-0.39, 0.29) is 16.9 Å². The van der Waals surface area contributed by atoms with Gasteiger partial charge in [0.1, 0.15) is 5.69 Å². The maximum atomic E-state index is 12.0. The number of aromatic carboxylic acids is 1. The van der Waals surface area contributed by atoms with Crippen LogP contribution in [0.5, 0.6) is 0 Å². The summed E-state index contributed by atoms with van der Waals surface area (Å²) in [6.45, 7) is 1.77. The van der Waals surface area contributed by atoms with Crippen molar-refractivity contribution in [2.24, 2.45) is 0 Å². The molecule has 0 aliphatic heterocycles. The predicted octanol–water partition coefficient (Wildman–Crippen LogP) is 2.99. The van der Waals surface area contributed by atoms with E-state index in [4.69, 9.17) is 16.7 Å². The molecule has 1 amide bonds. The summed E-state index contributed by atoms with van der Waals surface area (Å²) in [5, 5.41) is 12.0. The minimum atomic E-state index is -1.11. The Kier molecular flexibility index (Phi) is 4.00. The molecule has 20 heavy (non-hydrogen) atoms. The van der Waals surface area contributed by atoms with Crippen LogP contribution < -0.4 is 5.32 Å². The van der Waals surface area contributed by atoms with Gasteiger partial charge in [-0.15, -0.1) is 0 Å². The van der Waals surface area contributed by atoms with Crippen LogP contribution >= 0.6 is 11.6 Å². The molecule has 0 bridgehead atoms. The van der Waals surface area contributed by atoms with Gasteiger partial charge in [0.15, 0.2) is 0 Å². The van der Waals surface area contributed by atoms with E-state index in [0.29, 0.717) is 5.02 Å². The Bertz CT molecular complexity index is 686. The number of carbonyl (C=O) groups is 2. The Labute approximate surface area is 120 Å². The number of aryl methyl sites for hydroxylation is 1. The first kappa shape index (κ1) is 14.0. The van der Waals surface area contributed by atoms with Gasteiger partial charge >= 0.3 is 5.97 Å². The number of halogens is 1. The lowest BCUT2D eigenvalue weighted by molar-refractivity contribution is 0.0698. The largest absolute Gasteiger partial charge is 0.478 e. The van der Waals surface area contributed by atoms with Gasteiger partial charge in [0.25, 0.3) is 5.91 Å². The highest BCUT2D eigenvalue weighted by atomic mass is 35.5. The lowest BCUT2D eigenvalue weighted by Gasteiger charge is -2.09. The molecule has 0 radical (unpaired) electrons. The van der Waals surface area contributed by atoms with Crippen LogP contribution in [0.25, 0.3) is 0 Å². The molecule has 0 fully saturated rings. The smallest absolute Gasteiger partial charge is 0.337 e. The van der Waals surface area contributed by atoms with Gasteiger partial charge in [-0.25, -0.2) is 4.79 Å². The minimum absolute atomic E-state index is 0.0281. The number of anilines is 1. The number of carboxylic acids is 1. The first-order valence-electron chi connectivity index (χ1n) is 5.74. The van der Waals surface area contributed by atoms with Crippen LogP contribution in [0.4, 0.5) is 5.69 Å². The molecule has 2 rings (SSSR count). The van der Waals surface area contributed by atoms with Gasteiger partial charge in [0.05, 0.1) is 11.3 Å². The van der Waals surface area contributed by atoms with Crippen LogP contribution in [-0.2, 0) is 0 Å². The molecule has 2 N–H and O–H groups in total. The van der Waals surface area contributed by atoms with Crippen LogP contribution in [0.15, 0.2) is 36.5 Å². The van der Waals surface area contributed by atoms with Crippen molar-refractivity contribution in [3.63, 3.8) is 0 Å². The maximum absolute atomic E-state index is 12.0. The highest BCUT2D eigenvalue weighted by Gasteiger charge is 2.14. The van der Waals surface area contributed by atoms with Gasteiger partial charge in [-0.2, -0.15) is 0 Å². The van der Waals surface area contributed by atoms with E-state index in [2.05, 4.69) is 10.3 Å². The number of carbonyl (C=O) groups excluding carboxylic acids is 1. The number of nitrogens with zero attached hydrogens (tertiary/aromatic N) is 1. The molecule has 2 aromatic rings. The number of hydrogen-bond acceptors (Lipinski definition) is 3. The van der Waals surface area contributed by atoms with E-state index in [9.17, 15) is 9.59 Å². The van der Waals surface area contributed by atoms with Crippen molar-refractivity contribution < 1.29 is 14.7 Å².